The summed E-state index contributed by atoms with van der Waals surface area (Å²) in [5.41, 5.74) is 1.52. The third-order valence-electron chi connectivity index (χ3n) is 4.69. The largest absolute Gasteiger partial charge is 0.289 e. The van der Waals surface area contributed by atoms with E-state index in [0.717, 1.165) is 24.0 Å². The van der Waals surface area contributed by atoms with Gasteiger partial charge in [0.1, 0.15) is 0 Å². The van der Waals surface area contributed by atoms with Crippen LogP contribution in [0, 0.1) is 0 Å². The molecule has 0 unspecified atom stereocenters. The van der Waals surface area contributed by atoms with Gasteiger partial charge in [0.25, 0.3) is 0 Å². The van der Waals surface area contributed by atoms with Gasteiger partial charge in [-0.1, -0.05) is 114 Å². The fraction of sp³-hybridized carbons (Fsp3) is 0.609. The molecule has 0 heterocycles. The Hall–Kier alpha value is -1.37. The molecule has 1 aromatic rings. The molecule has 0 saturated carbocycles. The summed E-state index contributed by atoms with van der Waals surface area (Å²) in [5.74, 6) is 0.110. The maximum atomic E-state index is 12.2. The zero-order valence-corrected chi connectivity index (χ0v) is 15.7. The lowest BCUT2D eigenvalue weighted by atomic mass is 9.99. The van der Waals surface area contributed by atoms with Crippen molar-refractivity contribution in [2.24, 2.45) is 0 Å². The molecule has 1 heteroatoms. The van der Waals surface area contributed by atoms with Crippen LogP contribution in [-0.4, -0.2) is 5.78 Å². The topological polar surface area (TPSA) is 17.1 Å². The highest BCUT2D eigenvalue weighted by molar-refractivity contribution is 6.08. The predicted molar refractivity (Wildman–Crippen MR) is 106 cm³/mol. The average Bonchev–Trinajstić information content (AvgIpc) is 2.62. The van der Waals surface area contributed by atoms with Crippen LogP contribution < -0.4 is 0 Å². The van der Waals surface area contributed by atoms with Crippen LogP contribution in [0.25, 0.3) is 0 Å². The Morgan fingerprint density at radius 3 is 1.71 bits per heavy atom. The minimum atomic E-state index is 0.110. The van der Waals surface area contributed by atoms with Gasteiger partial charge in [-0.25, -0.2) is 0 Å². The van der Waals surface area contributed by atoms with Crippen LogP contribution in [0.1, 0.15) is 101 Å². The Balaban J connectivity index is 1.93. The zero-order chi connectivity index (χ0) is 17.5. The molecule has 0 radical (unpaired) electrons. The molecule has 0 spiro atoms. The van der Waals surface area contributed by atoms with Gasteiger partial charge in [-0.05, 0) is 18.4 Å². The van der Waals surface area contributed by atoms with Crippen molar-refractivity contribution >= 4 is 5.78 Å². The van der Waals surface area contributed by atoms with E-state index in [1.165, 1.54) is 70.6 Å². The lowest BCUT2D eigenvalue weighted by Crippen LogP contribution is -2.02. The number of allylic oxidation sites excluding steroid dienone is 1. The van der Waals surface area contributed by atoms with Crippen molar-refractivity contribution in [3.8, 4) is 0 Å². The van der Waals surface area contributed by atoms with Crippen LogP contribution >= 0.6 is 0 Å². The molecule has 1 rings (SSSR count). The normalized spacial score (nSPS) is 10.7. The molecule has 1 aromatic carbocycles. The number of rotatable bonds is 15. The molecule has 0 fully saturated rings. The van der Waals surface area contributed by atoms with Crippen LogP contribution in [0.3, 0.4) is 0 Å². The standard InChI is InChI=1S/C23H36O/c1-3-4-5-6-7-8-9-10-11-12-13-15-18-21(2)23(24)22-19-16-14-17-20-22/h14,16-17,19-20H,2-13,15,18H2,1H3. The van der Waals surface area contributed by atoms with Crippen LogP contribution in [0.15, 0.2) is 42.5 Å². The Morgan fingerprint density at radius 2 is 1.21 bits per heavy atom. The second kappa shape index (κ2) is 14.0. The van der Waals surface area contributed by atoms with E-state index in [2.05, 4.69) is 13.5 Å². The van der Waals surface area contributed by atoms with Crippen LogP contribution in [0.2, 0.25) is 0 Å². The van der Waals surface area contributed by atoms with Gasteiger partial charge in [0.2, 0.25) is 0 Å². The van der Waals surface area contributed by atoms with E-state index < -0.39 is 0 Å². The van der Waals surface area contributed by atoms with Crippen molar-refractivity contribution in [1.29, 1.82) is 0 Å². The van der Waals surface area contributed by atoms with E-state index in [9.17, 15) is 4.79 Å². The van der Waals surface area contributed by atoms with Crippen molar-refractivity contribution in [2.45, 2.75) is 90.4 Å². The van der Waals surface area contributed by atoms with Gasteiger partial charge in [0, 0.05) is 5.56 Å². The number of benzene rings is 1. The lowest BCUT2D eigenvalue weighted by molar-refractivity contribution is 0.103. The maximum Gasteiger partial charge on any atom is 0.188 e. The second-order valence-electron chi connectivity index (χ2n) is 6.94. The van der Waals surface area contributed by atoms with Gasteiger partial charge in [0.15, 0.2) is 5.78 Å². The first-order valence-electron chi connectivity index (χ1n) is 10.0. The van der Waals surface area contributed by atoms with Gasteiger partial charge in [-0.3, -0.25) is 4.79 Å². The van der Waals surface area contributed by atoms with Crippen LogP contribution in [-0.2, 0) is 0 Å². The Morgan fingerprint density at radius 1 is 0.750 bits per heavy atom. The number of Topliss-reactive ketones (excluding diaryl/α,β-unsaturated/α-hetero) is 1. The summed E-state index contributed by atoms with van der Waals surface area (Å²) in [4.78, 5) is 12.2. The molecule has 0 aliphatic rings. The quantitative estimate of drug-likeness (QED) is 0.185. The van der Waals surface area contributed by atoms with Crippen molar-refractivity contribution in [3.05, 3.63) is 48.0 Å². The fourth-order valence-electron chi connectivity index (χ4n) is 3.09. The molecule has 134 valence electrons. The SMILES string of the molecule is C=C(CCCCCCCCCCCCCC)C(=O)c1ccccc1. The lowest BCUT2D eigenvalue weighted by Gasteiger charge is -2.05. The summed E-state index contributed by atoms with van der Waals surface area (Å²) in [6, 6.07) is 9.49. The molecule has 0 N–H and O–H groups in total. The van der Waals surface area contributed by atoms with Crippen molar-refractivity contribution in [1.82, 2.24) is 0 Å². The highest BCUT2D eigenvalue weighted by atomic mass is 16.1. The molecule has 0 atom stereocenters. The van der Waals surface area contributed by atoms with Gasteiger partial charge < -0.3 is 0 Å². The van der Waals surface area contributed by atoms with Crippen LogP contribution in [0.4, 0.5) is 0 Å². The van der Waals surface area contributed by atoms with Gasteiger partial charge in [0.05, 0.1) is 0 Å². The van der Waals surface area contributed by atoms with E-state index in [0.29, 0.717) is 0 Å². The molecule has 0 aliphatic carbocycles. The third-order valence-corrected chi connectivity index (χ3v) is 4.69. The van der Waals surface area contributed by atoms with E-state index in [1.807, 2.05) is 30.3 Å². The zero-order valence-electron chi connectivity index (χ0n) is 15.7. The molecule has 1 nitrogen and oxygen atoms in total. The van der Waals surface area contributed by atoms with Gasteiger partial charge in [-0.2, -0.15) is 0 Å². The molecule has 0 amide bonds. The smallest absolute Gasteiger partial charge is 0.188 e. The van der Waals surface area contributed by atoms with Crippen molar-refractivity contribution in [2.75, 3.05) is 0 Å². The van der Waals surface area contributed by atoms with Crippen molar-refractivity contribution < 1.29 is 4.79 Å². The maximum absolute atomic E-state index is 12.2. The number of hydrogen-bond donors (Lipinski definition) is 0. The molecule has 0 bridgehead atoms. The molecule has 0 saturated heterocycles. The Labute approximate surface area is 149 Å². The molecule has 24 heavy (non-hydrogen) atoms. The number of unbranched alkanes of at least 4 members (excludes halogenated alkanes) is 11. The van der Waals surface area contributed by atoms with Gasteiger partial charge in [-0.15, -0.1) is 0 Å². The summed E-state index contributed by atoms with van der Waals surface area (Å²) in [6.07, 6.45) is 17.0. The highest BCUT2D eigenvalue weighted by Crippen LogP contribution is 2.16. The predicted octanol–water partition coefficient (Wildman–Crippen LogP) is 7.52. The Bertz CT molecular complexity index is 446. The first-order valence-corrected chi connectivity index (χ1v) is 10.0. The minimum Gasteiger partial charge on any atom is -0.289 e. The number of carbonyl (C=O) groups is 1. The van der Waals surface area contributed by atoms with Crippen LogP contribution in [0.5, 0.6) is 0 Å². The summed E-state index contributed by atoms with van der Waals surface area (Å²) >= 11 is 0. The molecular formula is C23H36O. The van der Waals surface area contributed by atoms with E-state index in [1.54, 1.807) is 0 Å². The number of ketones is 1. The first-order chi connectivity index (χ1) is 11.8. The number of hydrogen-bond acceptors (Lipinski definition) is 1. The summed E-state index contributed by atoms with van der Waals surface area (Å²) in [6.45, 7) is 6.24. The molecule has 0 aliphatic heterocycles. The van der Waals surface area contributed by atoms with Gasteiger partial charge >= 0.3 is 0 Å². The highest BCUT2D eigenvalue weighted by Gasteiger charge is 2.08. The van der Waals surface area contributed by atoms with E-state index in [-0.39, 0.29) is 5.78 Å². The summed E-state index contributed by atoms with van der Waals surface area (Å²) < 4.78 is 0. The van der Waals surface area contributed by atoms with E-state index >= 15 is 0 Å². The Kier molecular flexibility index (Phi) is 12.1. The summed E-state index contributed by atoms with van der Waals surface area (Å²) in [7, 11) is 0. The van der Waals surface area contributed by atoms with Crippen molar-refractivity contribution in [3.63, 3.8) is 0 Å². The number of carbonyl (C=O) groups excluding carboxylic acids is 1. The summed E-state index contributed by atoms with van der Waals surface area (Å²) in [5, 5.41) is 0. The monoisotopic (exact) mass is 328 g/mol. The first kappa shape index (κ1) is 20.7. The molecular weight excluding hydrogens is 292 g/mol. The van der Waals surface area contributed by atoms with E-state index in [4.69, 9.17) is 0 Å². The third kappa shape index (κ3) is 9.70. The fourth-order valence-corrected chi connectivity index (χ4v) is 3.09. The second-order valence-corrected chi connectivity index (χ2v) is 6.94. The molecule has 0 aromatic heterocycles. The minimum absolute atomic E-state index is 0.110. The average molecular weight is 329 g/mol.